The molecule has 0 unspecified atom stereocenters. The first-order valence-electron chi connectivity index (χ1n) is 6.24. The van der Waals surface area contributed by atoms with Gasteiger partial charge in [-0.05, 0) is 18.2 Å². The SMILES string of the molecule is CS(=O)(=O)c1ccccc1NC(=O)c1cc([N+](=O)[O-])ccc1Cl. The molecule has 23 heavy (non-hydrogen) atoms. The molecular weight excluding hydrogens is 344 g/mol. The Hall–Kier alpha value is -2.45. The predicted molar refractivity (Wildman–Crippen MR) is 85.6 cm³/mol. The number of hydrogen-bond donors (Lipinski definition) is 1. The maximum Gasteiger partial charge on any atom is 0.270 e. The van der Waals surface area contributed by atoms with Gasteiger partial charge in [-0.25, -0.2) is 8.42 Å². The van der Waals surface area contributed by atoms with Gasteiger partial charge >= 0.3 is 0 Å². The van der Waals surface area contributed by atoms with E-state index in [1.807, 2.05) is 0 Å². The van der Waals surface area contributed by atoms with Gasteiger partial charge in [-0.15, -0.1) is 0 Å². The molecule has 2 aromatic carbocycles. The number of nitro benzene ring substituents is 1. The van der Waals surface area contributed by atoms with Crippen molar-refractivity contribution >= 4 is 38.7 Å². The molecule has 2 aromatic rings. The van der Waals surface area contributed by atoms with Crippen LogP contribution in [0.4, 0.5) is 11.4 Å². The molecule has 0 fully saturated rings. The van der Waals surface area contributed by atoms with Crippen LogP contribution < -0.4 is 5.32 Å². The van der Waals surface area contributed by atoms with E-state index in [4.69, 9.17) is 11.6 Å². The lowest BCUT2D eigenvalue weighted by atomic mass is 10.2. The number of carbonyl (C=O) groups is 1. The Morgan fingerprint density at radius 2 is 1.87 bits per heavy atom. The lowest BCUT2D eigenvalue weighted by molar-refractivity contribution is -0.384. The Kier molecular flexibility index (Phi) is 4.67. The first-order chi connectivity index (χ1) is 10.7. The Labute approximate surface area is 137 Å². The molecule has 0 atom stereocenters. The van der Waals surface area contributed by atoms with Gasteiger partial charge in [0.1, 0.15) is 0 Å². The normalized spacial score (nSPS) is 11.0. The molecule has 0 saturated carbocycles. The van der Waals surface area contributed by atoms with E-state index in [0.717, 1.165) is 12.3 Å². The maximum atomic E-state index is 12.3. The summed E-state index contributed by atoms with van der Waals surface area (Å²) < 4.78 is 23.4. The average molecular weight is 355 g/mol. The number of rotatable bonds is 4. The molecule has 9 heteroatoms. The zero-order chi connectivity index (χ0) is 17.2. The van der Waals surface area contributed by atoms with E-state index in [0.29, 0.717) is 0 Å². The van der Waals surface area contributed by atoms with Crippen LogP contribution in [0.25, 0.3) is 0 Å². The highest BCUT2D eigenvalue weighted by Gasteiger charge is 2.19. The standard InChI is InChI=1S/C14H11ClN2O5S/c1-23(21,22)13-5-3-2-4-12(13)16-14(18)10-8-9(17(19)20)6-7-11(10)15/h2-8H,1H3,(H,16,18). The first kappa shape index (κ1) is 16.9. The number of para-hydroxylation sites is 1. The van der Waals surface area contributed by atoms with Gasteiger partial charge in [0.2, 0.25) is 0 Å². The third-order valence-electron chi connectivity index (χ3n) is 2.94. The quantitative estimate of drug-likeness (QED) is 0.671. The van der Waals surface area contributed by atoms with Crippen molar-refractivity contribution in [1.82, 2.24) is 0 Å². The molecule has 0 spiro atoms. The molecule has 0 saturated heterocycles. The summed E-state index contributed by atoms with van der Waals surface area (Å²) in [5.41, 5.74) is -0.345. The average Bonchev–Trinajstić information content (AvgIpc) is 2.46. The summed E-state index contributed by atoms with van der Waals surface area (Å²) >= 11 is 5.89. The fraction of sp³-hybridized carbons (Fsp3) is 0.0714. The highest BCUT2D eigenvalue weighted by Crippen LogP contribution is 2.25. The number of nitrogens with zero attached hydrogens (tertiary/aromatic N) is 1. The van der Waals surface area contributed by atoms with E-state index in [1.165, 1.54) is 30.3 Å². The zero-order valence-electron chi connectivity index (χ0n) is 11.8. The van der Waals surface area contributed by atoms with Gasteiger partial charge < -0.3 is 5.32 Å². The molecule has 1 amide bonds. The molecule has 0 aromatic heterocycles. The van der Waals surface area contributed by atoms with Gasteiger partial charge in [0.05, 0.1) is 26.1 Å². The van der Waals surface area contributed by atoms with Gasteiger partial charge in [-0.1, -0.05) is 23.7 Å². The molecule has 0 aliphatic rings. The molecule has 0 radical (unpaired) electrons. The molecule has 0 aliphatic carbocycles. The Bertz CT molecular complexity index is 896. The van der Waals surface area contributed by atoms with E-state index < -0.39 is 20.7 Å². The van der Waals surface area contributed by atoms with E-state index in [2.05, 4.69) is 5.32 Å². The highest BCUT2D eigenvalue weighted by molar-refractivity contribution is 7.90. The number of nitrogens with one attached hydrogen (secondary N) is 1. The van der Waals surface area contributed by atoms with Crippen LogP contribution in [0.2, 0.25) is 5.02 Å². The van der Waals surface area contributed by atoms with Crippen molar-refractivity contribution in [2.75, 3.05) is 11.6 Å². The lowest BCUT2D eigenvalue weighted by Gasteiger charge is -2.10. The number of nitro groups is 1. The number of anilines is 1. The smallest absolute Gasteiger partial charge is 0.270 e. The van der Waals surface area contributed by atoms with Crippen LogP contribution in [-0.2, 0) is 9.84 Å². The van der Waals surface area contributed by atoms with Crippen molar-refractivity contribution in [3.63, 3.8) is 0 Å². The number of amides is 1. The third kappa shape index (κ3) is 3.85. The van der Waals surface area contributed by atoms with Crippen molar-refractivity contribution in [2.45, 2.75) is 4.90 Å². The number of hydrogen-bond acceptors (Lipinski definition) is 5. The monoisotopic (exact) mass is 354 g/mol. The molecule has 0 bridgehead atoms. The molecule has 120 valence electrons. The number of non-ortho nitro benzene ring substituents is 1. The number of sulfone groups is 1. The fourth-order valence-corrected chi connectivity index (χ4v) is 2.93. The molecule has 1 N–H and O–H groups in total. The summed E-state index contributed by atoms with van der Waals surface area (Å²) in [6.45, 7) is 0. The van der Waals surface area contributed by atoms with Gasteiger partial charge in [0.15, 0.2) is 9.84 Å². The summed E-state index contributed by atoms with van der Waals surface area (Å²) in [6.07, 6.45) is 1.01. The van der Waals surface area contributed by atoms with Crippen LogP contribution in [0, 0.1) is 10.1 Å². The molecule has 0 heterocycles. The van der Waals surface area contributed by atoms with E-state index >= 15 is 0 Å². The van der Waals surface area contributed by atoms with Crippen molar-refractivity contribution < 1.29 is 18.1 Å². The van der Waals surface area contributed by atoms with E-state index in [9.17, 15) is 23.3 Å². The highest BCUT2D eigenvalue weighted by atomic mass is 35.5. The molecular formula is C14H11ClN2O5S. The third-order valence-corrected chi connectivity index (χ3v) is 4.42. The predicted octanol–water partition coefficient (Wildman–Crippen LogP) is 2.90. The van der Waals surface area contributed by atoms with Gasteiger partial charge in [-0.3, -0.25) is 14.9 Å². The summed E-state index contributed by atoms with van der Waals surface area (Å²) in [4.78, 5) is 22.3. The second-order valence-corrected chi connectivity index (χ2v) is 7.04. The van der Waals surface area contributed by atoms with Crippen LogP contribution in [0.5, 0.6) is 0 Å². The number of benzene rings is 2. The van der Waals surface area contributed by atoms with Gasteiger partial charge in [0, 0.05) is 18.4 Å². The number of halogens is 1. The van der Waals surface area contributed by atoms with Gasteiger partial charge in [-0.2, -0.15) is 0 Å². The van der Waals surface area contributed by atoms with Crippen molar-refractivity contribution in [2.24, 2.45) is 0 Å². The second kappa shape index (κ2) is 6.35. The Morgan fingerprint density at radius 3 is 2.48 bits per heavy atom. The van der Waals surface area contributed by atoms with Crippen LogP contribution in [0.1, 0.15) is 10.4 Å². The topological polar surface area (TPSA) is 106 Å². The largest absolute Gasteiger partial charge is 0.321 e. The van der Waals surface area contributed by atoms with Crippen LogP contribution >= 0.6 is 11.6 Å². The minimum Gasteiger partial charge on any atom is -0.321 e. The fourth-order valence-electron chi connectivity index (χ4n) is 1.88. The zero-order valence-corrected chi connectivity index (χ0v) is 13.4. The van der Waals surface area contributed by atoms with Crippen LogP contribution in [-0.4, -0.2) is 25.5 Å². The summed E-state index contributed by atoms with van der Waals surface area (Å²) in [5.74, 6) is -0.741. The van der Waals surface area contributed by atoms with Crippen molar-refractivity contribution in [1.29, 1.82) is 0 Å². The van der Waals surface area contributed by atoms with Crippen LogP contribution in [0.3, 0.4) is 0 Å². The summed E-state index contributed by atoms with van der Waals surface area (Å²) in [6, 6.07) is 9.27. The minimum absolute atomic E-state index is 0.0185. The number of carbonyl (C=O) groups excluding carboxylic acids is 1. The maximum absolute atomic E-state index is 12.3. The Balaban J connectivity index is 2.41. The molecule has 7 nitrogen and oxygen atoms in total. The second-order valence-electron chi connectivity index (χ2n) is 4.64. The summed E-state index contributed by atoms with van der Waals surface area (Å²) in [5, 5.41) is 13.2. The van der Waals surface area contributed by atoms with Crippen molar-refractivity contribution in [3.8, 4) is 0 Å². The lowest BCUT2D eigenvalue weighted by Crippen LogP contribution is -2.15. The van der Waals surface area contributed by atoms with E-state index in [-0.39, 0.29) is 26.9 Å². The van der Waals surface area contributed by atoms with Crippen LogP contribution in [0.15, 0.2) is 47.4 Å². The molecule has 0 aliphatic heterocycles. The van der Waals surface area contributed by atoms with E-state index in [1.54, 1.807) is 6.07 Å². The molecule has 2 rings (SSSR count). The first-order valence-corrected chi connectivity index (χ1v) is 8.51. The Morgan fingerprint density at radius 1 is 1.22 bits per heavy atom. The summed E-state index contributed by atoms with van der Waals surface area (Å²) in [7, 11) is -3.55. The van der Waals surface area contributed by atoms with Crippen molar-refractivity contribution in [3.05, 3.63) is 63.2 Å². The minimum atomic E-state index is -3.55. The van der Waals surface area contributed by atoms with Gasteiger partial charge in [0.25, 0.3) is 11.6 Å².